The molecule has 0 bridgehead atoms. The number of carbonyl (C=O) groups excluding carboxylic acids is 3. The summed E-state index contributed by atoms with van der Waals surface area (Å²) < 4.78 is 15.6. The number of hydrogen-bond acceptors (Lipinski definition) is 7. The summed E-state index contributed by atoms with van der Waals surface area (Å²) >= 11 is 0. The maximum absolute atomic E-state index is 13.2. The fourth-order valence-corrected chi connectivity index (χ4v) is 3.64. The topological polar surface area (TPSA) is 131 Å². The second-order valence-corrected chi connectivity index (χ2v) is 9.66. The molecule has 0 aromatic heterocycles. The molecule has 0 aliphatic rings. The second kappa shape index (κ2) is 14.6. The first-order valence-corrected chi connectivity index (χ1v) is 12.3. The highest BCUT2D eigenvalue weighted by atomic mass is 16.6. The van der Waals surface area contributed by atoms with Crippen molar-refractivity contribution in [1.82, 2.24) is 10.2 Å². The third-order valence-electron chi connectivity index (χ3n) is 5.44. The highest BCUT2D eigenvalue weighted by molar-refractivity contribution is 5.82. The van der Waals surface area contributed by atoms with Crippen molar-refractivity contribution in [3.63, 3.8) is 0 Å². The Morgan fingerprint density at radius 1 is 0.921 bits per heavy atom. The van der Waals surface area contributed by atoms with Crippen LogP contribution in [0.2, 0.25) is 0 Å². The van der Waals surface area contributed by atoms with Crippen LogP contribution in [0.25, 0.3) is 0 Å². The van der Waals surface area contributed by atoms with Crippen LogP contribution in [0.15, 0.2) is 60.7 Å². The lowest BCUT2D eigenvalue weighted by atomic mass is 10.0. The summed E-state index contributed by atoms with van der Waals surface area (Å²) in [5.41, 5.74) is 0.766. The number of methoxy groups -OCH3 is 1. The Kier molecular flexibility index (Phi) is 11.6. The second-order valence-electron chi connectivity index (χ2n) is 9.66. The monoisotopic (exact) mass is 528 g/mol. The predicted molar refractivity (Wildman–Crippen MR) is 139 cm³/mol. The van der Waals surface area contributed by atoms with E-state index in [4.69, 9.17) is 14.2 Å². The predicted octanol–water partition coefficient (Wildman–Crippen LogP) is 4.52. The summed E-state index contributed by atoms with van der Waals surface area (Å²) in [4.78, 5) is 51.1. The number of esters is 1. The number of hydrogen-bond donors (Lipinski definition) is 2. The van der Waals surface area contributed by atoms with E-state index in [1.54, 1.807) is 20.8 Å². The Labute approximate surface area is 222 Å². The molecule has 0 aliphatic carbocycles. The number of carboxylic acids is 1. The van der Waals surface area contributed by atoms with Crippen molar-refractivity contribution in [2.24, 2.45) is 0 Å². The molecule has 2 amide bonds. The minimum Gasteiger partial charge on any atom is -0.480 e. The normalized spacial score (nSPS) is 12.5. The largest absolute Gasteiger partial charge is 0.480 e. The van der Waals surface area contributed by atoms with Crippen LogP contribution in [0.4, 0.5) is 9.59 Å². The molecule has 2 aromatic carbocycles. The van der Waals surface area contributed by atoms with Crippen molar-refractivity contribution in [2.45, 2.75) is 70.9 Å². The fourth-order valence-electron chi connectivity index (χ4n) is 3.64. The van der Waals surface area contributed by atoms with Gasteiger partial charge in [-0.25, -0.2) is 19.2 Å². The first kappa shape index (κ1) is 30.1. The lowest BCUT2D eigenvalue weighted by molar-refractivity contribution is -0.147. The van der Waals surface area contributed by atoms with E-state index in [2.05, 4.69) is 5.32 Å². The minimum atomic E-state index is -1.24. The number of aliphatic carboxylic acids is 1. The third kappa shape index (κ3) is 10.5. The molecule has 0 radical (unpaired) electrons. The highest BCUT2D eigenvalue weighted by Gasteiger charge is 2.33. The van der Waals surface area contributed by atoms with Crippen molar-refractivity contribution >= 4 is 24.1 Å². The van der Waals surface area contributed by atoms with Gasteiger partial charge in [-0.05, 0) is 51.2 Å². The van der Waals surface area contributed by atoms with E-state index in [-0.39, 0.29) is 32.4 Å². The van der Waals surface area contributed by atoms with Crippen LogP contribution in [0, 0.1) is 0 Å². The molecule has 0 aliphatic heterocycles. The molecule has 2 atom stereocenters. The van der Waals surface area contributed by atoms with Gasteiger partial charge in [-0.2, -0.15) is 0 Å². The molecular formula is C28H36N2O8. The van der Waals surface area contributed by atoms with Crippen LogP contribution < -0.4 is 5.32 Å². The lowest BCUT2D eigenvalue weighted by Crippen LogP contribution is -2.46. The Morgan fingerprint density at radius 3 is 2.03 bits per heavy atom. The molecule has 2 rings (SSSR count). The average Bonchev–Trinajstić information content (AvgIpc) is 2.87. The zero-order valence-electron chi connectivity index (χ0n) is 22.2. The smallest absolute Gasteiger partial charge is 0.411 e. The van der Waals surface area contributed by atoms with Crippen molar-refractivity contribution in [2.75, 3.05) is 7.11 Å². The summed E-state index contributed by atoms with van der Waals surface area (Å²) in [7, 11) is 1.22. The Bertz CT molecular complexity index is 1050. The molecular weight excluding hydrogens is 492 g/mol. The molecule has 0 spiro atoms. The van der Waals surface area contributed by atoms with E-state index in [1.165, 1.54) is 12.0 Å². The molecule has 38 heavy (non-hydrogen) atoms. The van der Waals surface area contributed by atoms with Gasteiger partial charge in [0.15, 0.2) is 0 Å². The lowest BCUT2D eigenvalue weighted by Gasteiger charge is -2.30. The van der Waals surface area contributed by atoms with Crippen molar-refractivity contribution < 1.29 is 38.5 Å². The van der Waals surface area contributed by atoms with E-state index in [1.807, 2.05) is 60.7 Å². The molecule has 2 aromatic rings. The maximum atomic E-state index is 13.2. The quantitative estimate of drug-likeness (QED) is 0.304. The summed E-state index contributed by atoms with van der Waals surface area (Å²) in [5.74, 6) is -1.90. The number of nitrogens with zero attached hydrogens (tertiary/aromatic N) is 1. The van der Waals surface area contributed by atoms with Gasteiger partial charge in [-0.15, -0.1) is 0 Å². The average molecular weight is 529 g/mol. The van der Waals surface area contributed by atoms with E-state index >= 15 is 0 Å². The van der Waals surface area contributed by atoms with E-state index in [0.29, 0.717) is 0 Å². The van der Waals surface area contributed by atoms with Crippen LogP contribution in [0.5, 0.6) is 0 Å². The highest BCUT2D eigenvalue weighted by Crippen LogP contribution is 2.18. The number of carboxylic acid groups (broad SMARTS) is 1. The van der Waals surface area contributed by atoms with Gasteiger partial charge in [0.2, 0.25) is 0 Å². The molecule has 10 nitrogen and oxygen atoms in total. The first-order chi connectivity index (χ1) is 18.0. The first-order valence-electron chi connectivity index (χ1n) is 12.3. The number of rotatable bonds is 12. The van der Waals surface area contributed by atoms with Crippen LogP contribution in [-0.4, -0.2) is 58.9 Å². The molecule has 0 saturated carbocycles. The van der Waals surface area contributed by atoms with Gasteiger partial charge in [0, 0.05) is 6.54 Å². The Hall–Kier alpha value is -4.08. The van der Waals surface area contributed by atoms with E-state index in [0.717, 1.165) is 11.1 Å². The third-order valence-corrected chi connectivity index (χ3v) is 5.44. The van der Waals surface area contributed by atoms with Gasteiger partial charge in [0.1, 0.15) is 24.3 Å². The molecule has 0 unspecified atom stereocenters. The minimum absolute atomic E-state index is 0.000308. The summed E-state index contributed by atoms with van der Waals surface area (Å²) in [6.07, 6.45) is -1.30. The van der Waals surface area contributed by atoms with Crippen LogP contribution in [0.3, 0.4) is 0 Å². The summed E-state index contributed by atoms with van der Waals surface area (Å²) in [6.45, 7) is 5.09. The van der Waals surface area contributed by atoms with Crippen molar-refractivity contribution in [3.05, 3.63) is 71.8 Å². The molecule has 0 saturated heterocycles. The Balaban J connectivity index is 2.16. The van der Waals surface area contributed by atoms with Gasteiger partial charge in [-0.1, -0.05) is 60.7 Å². The number of benzene rings is 2. The molecule has 206 valence electrons. The molecule has 10 heteroatoms. The van der Waals surface area contributed by atoms with Crippen LogP contribution in [-0.2, 0) is 37.0 Å². The van der Waals surface area contributed by atoms with Gasteiger partial charge in [-0.3, -0.25) is 4.90 Å². The fraction of sp³-hybridized carbons (Fsp3) is 0.429. The van der Waals surface area contributed by atoms with Gasteiger partial charge < -0.3 is 24.6 Å². The van der Waals surface area contributed by atoms with Gasteiger partial charge in [0.25, 0.3) is 0 Å². The number of ether oxygens (including phenoxy) is 3. The number of carbonyl (C=O) groups is 4. The molecule has 0 fully saturated rings. The van der Waals surface area contributed by atoms with Gasteiger partial charge in [0.05, 0.1) is 7.11 Å². The number of nitrogens with one attached hydrogen (secondary N) is 1. The van der Waals surface area contributed by atoms with Crippen molar-refractivity contribution in [1.29, 1.82) is 0 Å². The van der Waals surface area contributed by atoms with E-state index < -0.39 is 41.8 Å². The zero-order chi connectivity index (χ0) is 28.1. The standard InChI is InChI=1S/C28H36N2O8/c1-28(2,3)38-26(34)29-22(24(31)32)16-11-17-23(25(33)36-4)30(18-20-12-7-5-8-13-20)27(35)37-19-21-14-9-6-10-15-21/h5-10,12-15,22-23H,11,16-19H2,1-4H3,(H,29,34)(H,31,32)/t22-,23+/m1/s1. The van der Waals surface area contributed by atoms with Gasteiger partial charge >= 0.3 is 24.1 Å². The summed E-state index contributed by atoms with van der Waals surface area (Å²) in [5, 5.41) is 11.9. The summed E-state index contributed by atoms with van der Waals surface area (Å²) in [6, 6.07) is 16.0. The zero-order valence-corrected chi connectivity index (χ0v) is 22.2. The maximum Gasteiger partial charge on any atom is 0.411 e. The molecule has 2 N–H and O–H groups in total. The SMILES string of the molecule is COC(=O)[C@H](CCC[C@@H](NC(=O)OC(C)(C)C)C(=O)O)N(Cc1ccccc1)C(=O)OCc1ccccc1. The number of amides is 2. The Morgan fingerprint density at radius 2 is 1.50 bits per heavy atom. The van der Waals surface area contributed by atoms with Crippen LogP contribution in [0.1, 0.15) is 51.2 Å². The molecule has 0 heterocycles. The van der Waals surface area contributed by atoms with Crippen molar-refractivity contribution in [3.8, 4) is 0 Å². The number of alkyl carbamates (subject to hydrolysis) is 1. The van der Waals surface area contributed by atoms with E-state index in [9.17, 15) is 24.3 Å². The van der Waals surface area contributed by atoms with Crippen LogP contribution >= 0.6 is 0 Å².